The minimum absolute atomic E-state index is 0.421. The van der Waals surface area contributed by atoms with Crippen molar-refractivity contribution in [2.75, 3.05) is 19.8 Å². The van der Waals surface area contributed by atoms with Crippen molar-refractivity contribution in [1.29, 1.82) is 0 Å². The van der Waals surface area contributed by atoms with E-state index in [4.69, 9.17) is 10.5 Å². The zero-order valence-corrected chi connectivity index (χ0v) is 9.51. The molecule has 2 aliphatic rings. The van der Waals surface area contributed by atoms with Crippen molar-refractivity contribution in [3.05, 3.63) is 0 Å². The molecule has 2 heteroatoms. The summed E-state index contributed by atoms with van der Waals surface area (Å²) in [6.45, 7) is 7.47. The van der Waals surface area contributed by atoms with Gasteiger partial charge in [-0.25, -0.2) is 0 Å². The summed E-state index contributed by atoms with van der Waals surface area (Å²) in [6.07, 6.45) is 5.15. The molecule has 0 amide bonds. The van der Waals surface area contributed by atoms with Crippen molar-refractivity contribution < 1.29 is 4.74 Å². The quantitative estimate of drug-likeness (QED) is 0.736. The van der Waals surface area contributed by atoms with E-state index in [0.29, 0.717) is 10.8 Å². The van der Waals surface area contributed by atoms with Crippen LogP contribution < -0.4 is 5.73 Å². The van der Waals surface area contributed by atoms with E-state index in [1.54, 1.807) is 0 Å². The van der Waals surface area contributed by atoms with Crippen LogP contribution in [-0.2, 0) is 4.74 Å². The molecule has 2 fully saturated rings. The highest BCUT2D eigenvalue weighted by Gasteiger charge is 2.52. The van der Waals surface area contributed by atoms with Crippen LogP contribution in [-0.4, -0.2) is 19.8 Å². The van der Waals surface area contributed by atoms with Crippen LogP contribution in [0.3, 0.4) is 0 Å². The Balaban J connectivity index is 1.99. The molecule has 1 saturated carbocycles. The third-order valence-corrected chi connectivity index (χ3v) is 4.09. The van der Waals surface area contributed by atoms with Gasteiger partial charge in [-0.15, -0.1) is 0 Å². The Hall–Kier alpha value is -0.0800. The van der Waals surface area contributed by atoms with Gasteiger partial charge in [-0.05, 0) is 49.0 Å². The van der Waals surface area contributed by atoms with Gasteiger partial charge >= 0.3 is 0 Å². The Morgan fingerprint density at radius 2 is 2.07 bits per heavy atom. The molecule has 1 heterocycles. The molecule has 0 aromatic carbocycles. The van der Waals surface area contributed by atoms with Gasteiger partial charge in [-0.1, -0.05) is 13.8 Å². The summed E-state index contributed by atoms with van der Waals surface area (Å²) >= 11 is 0. The lowest BCUT2D eigenvalue weighted by atomic mass is 9.49. The third kappa shape index (κ3) is 1.70. The van der Waals surface area contributed by atoms with Crippen LogP contribution in [0.2, 0.25) is 0 Å². The van der Waals surface area contributed by atoms with Gasteiger partial charge in [0.05, 0.1) is 0 Å². The minimum Gasteiger partial charge on any atom is -0.381 e. The van der Waals surface area contributed by atoms with Crippen LogP contribution in [0.5, 0.6) is 0 Å². The molecule has 82 valence electrons. The van der Waals surface area contributed by atoms with E-state index in [2.05, 4.69) is 13.8 Å². The first kappa shape index (κ1) is 10.4. The van der Waals surface area contributed by atoms with Crippen LogP contribution in [0.15, 0.2) is 0 Å². The smallest absolute Gasteiger partial charge is 0.0500 e. The molecule has 2 nitrogen and oxygen atoms in total. The second-order valence-corrected chi connectivity index (χ2v) is 6.00. The number of hydrogen-bond acceptors (Lipinski definition) is 2. The largest absolute Gasteiger partial charge is 0.381 e. The monoisotopic (exact) mass is 197 g/mol. The van der Waals surface area contributed by atoms with E-state index in [1.807, 2.05) is 0 Å². The zero-order chi connectivity index (χ0) is 10.2. The normalized spacial score (nSPS) is 34.9. The van der Waals surface area contributed by atoms with Gasteiger partial charge in [0.2, 0.25) is 0 Å². The third-order valence-electron chi connectivity index (χ3n) is 4.09. The van der Waals surface area contributed by atoms with E-state index in [9.17, 15) is 0 Å². The fourth-order valence-electron chi connectivity index (χ4n) is 3.68. The molecule has 1 saturated heterocycles. The average Bonchev–Trinajstić information content (AvgIpc) is 2.15. The van der Waals surface area contributed by atoms with Gasteiger partial charge in [0.25, 0.3) is 0 Å². The number of ether oxygens (including phenoxy) is 1. The van der Waals surface area contributed by atoms with E-state index >= 15 is 0 Å². The Labute approximate surface area is 87.2 Å². The summed E-state index contributed by atoms with van der Waals surface area (Å²) in [5, 5.41) is 0. The molecule has 0 aromatic rings. The Bertz CT molecular complexity index is 198. The zero-order valence-electron chi connectivity index (χ0n) is 9.51. The average molecular weight is 197 g/mol. The lowest BCUT2D eigenvalue weighted by molar-refractivity contribution is -0.101. The van der Waals surface area contributed by atoms with Crippen molar-refractivity contribution in [3.8, 4) is 0 Å². The molecule has 1 unspecified atom stereocenters. The lowest BCUT2D eigenvalue weighted by Gasteiger charge is -2.57. The first-order valence-corrected chi connectivity index (χ1v) is 5.86. The van der Waals surface area contributed by atoms with Crippen molar-refractivity contribution in [1.82, 2.24) is 0 Å². The maximum absolute atomic E-state index is 5.97. The fraction of sp³-hybridized carbons (Fsp3) is 1.00. The highest BCUT2D eigenvalue weighted by molar-refractivity contribution is 5.03. The highest BCUT2D eigenvalue weighted by Crippen LogP contribution is 2.58. The molecule has 0 spiro atoms. The Morgan fingerprint density at radius 3 is 2.50 bits per heavy atom. The standard InChI is InChI=1S/C12H23NO/c1-11(2)7-12(8-11,9-13)10-4-3-5-14-6-10/h10H,3-9,13H2,1-2H3. The van der Waals surface area contributed by atoms with Crippen molar-refractivity contribution >= 4 is 0 Å². The van der Waals surface area contributed by atoms with Gasteiger partial charge in [-0.2, -0.15) is 0 Å². The van der Waals surface area contributed by atoms with Crippen molar-refractivity contribution in [3.63, 3.8) is 0 Å². The first-order chi connectivity index (χ1) is 6.58. The Kier molecular flexibility index (Phi) is 2.61. The molecular formula is C12H23NO. The van der Waals surface area contributed by atoms with E-state index in [-0.39, 0.29) is 0 Å². The van der Waals surface area contributed by atoms with Crippen LogP contribution in [0.1, 0.15) is 39.5 Å². The second kappa shape index (κ2) is 3.49. The first-order valence-electron chi connectivity index (χ1n) is 5.86. The molecule has 0 bridgehead atoms. The number of rotatable bonds is 2. The lowest BCUT2D eigenvalue weighted by Crippen LogP contribution is -2.54. The summed E-state index contributed by atoms with van der Waals surface area (Å²) in [5.41, 5.74) is 6.91. The Morgan fingerprint density at radius 1 is 1.36 bits per heavy atom. The van der Waals surface area contributed by atoms with Gasteiger partial charge in [0.15, 0.2) is 0 Å². The number of hydrogen-bond donors (Lipinski definition) is 1. The SMILES string of the molecule is CC1(C)CC(CN)(C2CCCOC2)C1. The molecule has 1 atom stereocenters. The summed E-state index contributed by atoms with van der Waals surface area (Å²) in [5.74, 6) is 0.731. The summed E-state index contributed by atoms with van der Waals surface area (Å²) < 4.78 is 5.58. The van der Waals surface area contributed by atoms with Crippen LogP contribution >= 0.6 is 0 Å². The van der Waals surface area contributed by atoms with Crippen LogP contribution in [0.4, 0.5) is 0 Å². The van der Waals surface area contributed by atoms with Crippen LogP contribution in [0.25, 0.3) is 0 Å². The maximum atomic E-state index is 5.97. The summed E-state index contributed by atoms with van der Waals surface area (Å²) in [6, 6.07) is 0. The number of nitrogens with two attached hydrogens (primary N) is 1. The minimum atomic E-state index is 0.421. The summed E-state index contributed by atoms with van der Waals surface area (Å²) in [7, 11) is 0. The van der Waals surface area contributed by atoms with Crippen molar-refractivity contribution in [2.45, 2.75) is 39.5 Å². The predicted molar refractivity (Wildman–Crippen MR) is 58.0 cm³/mol. The topological polar surface area (TPSA) is 35.2 Å². The van der Waals surface area contributed by atoms with E-state index in [0.717, 1.165) is 25.7 Å². The van der Waals surface area contributed by atoms with Gasteiger partial charge in [0.1, 0.15) is 0 Å². The van der Waals surface area contributed by atoms with Crippen LogP contribution in [0, 0.1) is 16.7 Å². The molecule has 2 rings (SSSR count). The highest BCUT2D eigenvalue weighted by atomic mass is 16.5. The molecular weight excluding hydrogens is 174 g/mol. The second-order valence-electron chi connectivity index (χ2n) is 6.00. The molecule has 14 heavy (non-hydrogen) atoms. The molecule has 0 radical (unpaired) electrons. The fourth-order valence-corrected chi connectivity index (χ4v) is 3.68. The van der Waals surface area contributed by atoms with E-state index < -0.39 is 0 Å². The maximum Gasteiger partial charge on any atom is 0.0500 e. The molecule has 1 aliphatic heterocycles. The van der Waals surface area contributed by atoms with Gasteiger partial charge in [0, 0.05) is 13.2 Å². The van der Waals surface area contributed by atoms with Gasteiger partial charge < -0.3 is 10.5 Å². The molecule has 2 N–H and O–H groups in total. The van der Waals surface area contributed by atoms with Gasteiger partial charge in [-0.3, -0.25) is 0 Å². The summed E-state index contributed by atoms with van der Waals surface area (Å²) in [4.78, 5) is 0. The molecule has 1 aliphatic carbocycles. The molecule has 0 aromatic heterocycles. The van der Waals surface area contributed by atoms with Crippen molar-refractivity contribution in [2.24, 2.45) is 22.5 Å². The predicted octanol–water partition coefficient (Wildman–Crippen LogP) is 2.18. The van der Waals surface area contributed by atoms with E-state index in [1.165, 1.54) is 25.7 Å².